The summed E-state index contributed by atoms with van der Waals surface area (Å²) < 4.78 is 0. The van der Waals surface area contributed by atoms with Crippen LogP contribution in [-0.4, -0.2) is 10.2 Å². The normalized spacial score (nSPS) is 9.92. The Morgan fingerprint density at radius 3 is 3.08 bits per heavy atom. The largest absolute Gasteiger partial charge is 0.398 e. The quantitative estimate of drug-likeness (QED) is 0.562. The van der Waals surface area contributed by atoms with Crippen LogP contribution in [0.15, 0.2) is 18.3 Å². The first kappa shape index (κ1) is 6.68. The molecule has 0 aliphatic heterocycles. The van der Waals surface area contributed by atoms with Gasteiger partial charge in [0, 0.05) is 5.39 Å². The second-order valence-electron chi connectivity index (χ2n) is 2.47. The van der Waals surface area contributed by atoms with Crippen molar-refractivity contribution in [3.8, 4) is 6.07 Å². The third-order valence-corrected chi connectivity index (χ3v) is 1.77. The first-order chi connectivity index (χ1) is 5.83. The van der Waals surface area contributed by atoms with Crippen molar-refractivity contribution in [2.75, 3.05) is 5.73 Å². The third kappa shape index (κ3) is 0.736. The highest BCUT2D eigenvalue weighted by atomic mass is 15.1. The molecule has 1 aromatic heterocycles. The van der Waals surface area contributed by atoms with Gasteiger partial charge in [0.05, 0.1) is 23.0 Å². The number of anilines is 1. The van der Waals surface area contributed by atoms with Gasteiger partial charge in [0.25, 0.3) is 0 Å². The standard InChI is InChI=1S/C8H6N4/c9-3-5-6-4-11-12-8(6)2-1-7(5)10/h1-2,4H,10H2,(H,11,12). The second kappa shape index (κ2) is 2.24. The molecule has 4 heteroatoms. The smallest absolute Gasteiger partial charge is 0.102 e. The molecule has 0 amide bonds. The molecule has 0 radical (unpaired) electrons. The average molecular weight is 158 g/mol. The van der Waals surface area contributed by atoms with Crippen LogP contribution in [-0.2, 0) is 0 Å². The molecule has 0 aliphatic rings. The number of nitriles is 1. The van der Waals surface area contributed by atoms with Gasteiger partial charge < -0.3 is 5.73 Å². The number of hydrogen-bond donors (Lipinski definition) is 2. The van der Waals surface area contributed by atoms with Gasteiger partial charge in [-0.05, 0) is 12.1 Å². The number of H-pyrrole nitrogens is 1. The van der Waals surface area contributed by atoms with E-state index in [1.54, 1.807) is 18.3 Å². The molecule has 0 spiro atoms. The van der Waals surface area contributed by atoms with E-state index in [1.807, 2.05) is 6.07 Å². The number of rotatable bonds is 0. The molecule has 0 fully saturated rings. The molecule has 0 atom stereocenters. The van der Waals surface area contributed by atoms with E-state index in [-0.39, 0.29) is 0 Å². The first-order valence-electron chi connectivity index (χ1n) is 3.44. The molecule has 2 rings (SSSR count). The van der Waals surface area contributed by atoms with Crippen molar-refractivity contribution in [3.63, 3.8) is 0 Å². The van der Waals surface area contributed by atoms with Crippen molar-refractivity contribution in [2.24, 2.45) is 0 Å². The number of aromatic nitrogens is 2. The predicted molar refractivity (Wildman–Crippen MR) is 45.2 cm³/mol. The Kier molecular flexibility index (Phi) is 1.25. The van der Waals surface area contributed by atoms with Crippen molar-refractivity contribution < 1.29 is 0 Å². The maximum atomic E-state index is 8.76. The van der Waals surface area contributed by atoms with Crippen molar-refractivity contribution in [1.82, 2.24) is 10.2 Å². The molecule has 0 saturated heterocycles. The van der Waals surface area contributed by atoms with Crippen LogP contribution in [0.25, 0.3) is 10.9 Å². The van der Waals surface area contributed by atoms with Gasteiger partial charge in [-0.2, -0.15) is 10.4 Å². The molecule has 0 bridgehead atoms. The van der Waals surface area contributed by atoms with E-state index in [2.05, 4.69) is 10.2 Å². The lowest BCUT2D eigenvalue weighted by Crippen LogP contribution is -1.89. The van der Waals surface area contributed by atoms with E-state index in [4.69, 9.17) is 11.0 Å². The Morgan fingerprint density at radius 2 is 2.33 bits per heavy atom. The highest BCUT2D eigenvalue weighted by Gasteiger charge is 2.04. The van der Waals surface area contributed by atoms with Crippen LogP contribution in [0.5, 0.6) is 0 Å². The zero-order valence-electron chi connectivity index (χ0n) is 6.20. The van der Waals surface area contributed by atoms with E-state index in [0.29, 0.717) is 11.3 Å². The maximum absolute atomic E-state index is 8.76. The van der Waals surface area contributed by atoms with Crippen LogP contribution in [0.3, 0.4) is 0 Å². The van der Waals surface area contributed by atoms with Gasteiger partial charge >= 0.3 is 0 Å². The molecule has 0 aliphatic carbocycles. The van der Waals surface area contributed by atoms with Gasteiger partial charge in [0.1, 0.15) is 6.07 Å². The first-order valence-corrected chi connectivity index (χ1v) is 3.44. The lowest BCUT2D eigenvalue weighted by molar-refractivity contribution is 1.12. The Morgan fingerprint density at radius 1 is 1.50 bits per heavy atom. The van der Waals surface area contributed by atoms with Crippen LogP contribution in [0.4, 0.5) is 5.69 Å². The fourth-order valence-electron chi connectivity index (χ4n) is 1.16. The average Bonchev–Trinajstić information content (AvgIpc) is 2.52. The number of nitrogens with zero attached hydrogens (tertiary/aromatic N) is 2. The summed E-state index contributed by atoms with van der Waals surface area (Å²) in [7, 11) is 0. The van der Waals surface area contributed by atoms with Crippen LogP contribution in [0, 0.1) is 11.3 Å². The monoisotopic (exact) mass is 158 g/mol. The van der Waals surface area contributed by atoms with E-state index >= 15 is 0 Å². The molecule has 1 heterocycles. The van der Waals surface area contributed by atoms with Gasteiger partial charge in [0.2, 0.25) is 0 Å². The molecule has 0 saturated carbocycles. The van der Waals surface area contributed by atoms with E-state index in [9.17, 15) is 0 Å². The number of nitrogens with two attached hydrogens (primary N) is 1. The number of nitrogen functional groups attached to an aromatic ring is 1. The Labute approximate surface area is 68.6 Å². The summed E-state index contributed by atoms with van der Waals surface area (Å²) in [5.41, 5.74) is 7.41. The van der Waals surface area contributed by atoms with Gasteiger partial charge in [0.15, 0.2) is 0 Å². The van der Waals surface area contributed by atoms with Crippen LogP contribution in [0.1, 0.15) is 5.56 Å². The van der Waals surface area contributed by atoms with Crippen molar-refractivity contribution >= 4 is 16.6 Å². The van der Waals surface area contributed by atoms with E-state index in [1.165, 1.54) is 0 Å². The SMILES string of the molecule is N#Cc1c(N)ccc2[nH]ncc12. The van der Waals surface area contributed by atoms with Gasteiger partial charge in [-0.15, -0.1) is 0 Å². The topological polar surface area (TPSA) is 78.5 Å². The molecule has 4 nitrogen and oxygen atoms in total. The summed E-state index contributed by atoms with van der Waals surface area (Å²) >= 11 is 0. The Balaban J connectivity index is 2.94. The fourth-order valence-corrected chi connectivity index (χ4v) is 1.16. The summed E-state index contributed by atoms with van der Waals surface area (Å²) in [4.78, 5) is 0. The van der Waals surface area contributed by atoms with Crippen molar-refractivity contribution in [1.29, 1.82) is 5.26 Å². The zero-order valence-corrected chi connectivity index (χ0v) is 6.20. The number of aromatic amines is 1. The van der Waals surface area contributed by atoms with E-state index in [0.717, 1.165) is 10.9 Å². The van der Waals surface area contributed by atoms with Crippen LogP contribution < -0.4 is 5.73 Å². The number of fused-ring (bicyclic) bond motifs is 1. The van der Waals surface area contributed by atoms with Crippen molar-refractivity contribution in [3.05, 3.63) is 23.9 Å². The predicted octanol–water partition coefficient (Wildman–Crippen LogP) is 1.02. The van der Waals surface area contributed by atoms with Crippen LogP contribution >= 0.6 is 0 Å². The number of benzene rings is 1. The summed E-state index contributed by atoms with van der Waals surface area (Å²) in [6.45, 7) is 0. The second-order valence-corrected chi connectivity index (χ2v) is 2.47. The minimum Gasteiger partial charge on any atom is -0.398 e. The summed E-state index contributed by atoms with van der Waals surface area (Å²) in [6, 6.07) is 5.54. The molecule has 58 valence electrons. The number of hydrogen-bond acceptors (Lipinski definition) is 3. The molecule has 0 unspecified atom stereocenters. The minimum atomic E-state index is 0.487. The molecule has 1 aromatic carbocycles. The third-order valence-electron chi connectivity index (χ3n) is 1.77. The summed E-state index contributed by atoms with van der Waals surface area (Å²) in [5.74, 6) is 0. The van der Waals surface area contributed by atoms with Gasteiger partial charge in [-0.3, -0.25) is 5.10 Å². The highest BCUT2D eigenvalue weighted by Crippen LogP contribution is 2.20. The van der Waals surface area contributed by atoms with Gasteiger partial charge in [-0.1, -0.05) is 0 Å². The summed E-state index contributed by atoms with van der Waals surface area (Å²) in [6.07, 6.45) is 1.60. The lowest BCUT2D eigenvalue weighted by atomic mass is 10.1. The maximum Gasteiger partial charge on any atom is 0.102 e. The highest BCUT2D eigenvalue weighted by molar-refractivity contribution is 5.89. The molecule has 3 N–H and O–H groups in total. The lowest BCUT2D eigenvalue weighted by Gasteiger charge is -1.96. The Bertz CT molecular complexity index is 463. The van der Waals surface area contributed by atoms with E-state index < -0.39 is 0 Å². The summed E-state index contributed by atoms with van der Waals surface area (Å²) in [5, 5.41) is 16.1. The van der Waals surface area contributed by atoms with Crippen LogP contribution in [0.2, 0.25) is 0 Å². The molecule has 2 aromatic rings. The molecule has 12 heavy (non-hydrogen) atoms. The molecular weight excluding hydrogens is 152 g/mol. The zero-order chi connectivity index (χ0) is 8.55. The van der Waals surface area contributed by atoms with Gasteiger partial charge in [-0.25, -0.2) is 0 Å². The fraction of sp³-hybridized carbons (Fsp3) is 0. The number of nitrogens with one attached hydrogen (secondary N) is 1. The Hall–Kier alpha value is -2.02. The minimum absolute atomic E-state index is 0.487. The molecular formula is C8H6N4. The van der Waals surface area contributed by atoms with Crippen molar-refractivity contribution in [2.45, 2.75) is 0 Å².